The van der Waals surface area contributed by atoms with Gasteiger partial charge in [0.05, 0.1) is 19.8 Å². The zero-order chi connectivity index (χ0) is 11.3. The van der Waals surface area contributed by atoms with Gasteiger partial charge in [-0.15, -0.1) is 0 Å². The molecule has 0 saturated carbocycles. The lowest BCUT2D eigenvalue weighted by atomic mass is 10.2. The molecule has 4 nitrogen and oxygen atoms in total. The first kappa shape index (κ1) is 11.8. The maximum absolute atomic E-state index is 12.0. The molecule has 16 heavy (non-hydrogen) atoms. The highest BCUT2D eigenvalue weighted by Crippen LogP contribution is 2.51. The lowest BCUT2D eigenvalue weighted by Crippen LogP contribution is -1.98. The van der Waals surface area contributed by atoms with Gasteiger partial charge in [0, 0.05) is 0 Å². The fourth-order valence-electron chi connectivity index (χ4n) is 1.40. The predicted octanol–water partition coefficient (Wildman–Crippen LogP) is 3.14. The topological polar surface area (TPSA) is 44.8 Å². The highest BCUT2D eigenvalue weighted by molar-refractivity contribution is 7.48. The molecule has 1 saturated heterocycles. The molecule has 1 aliphatic rings. The second kappa shape index (κ2) is 5.60. The van der Waals surface area contributed by atoms with Gasteiger partial charge in [-0.2, -0.15) is 0 Å². The Morgan fingerprint density at radius 1 is 1.12 bits per heavy atom. The Morgan fingerprint density at radius 2 is 1.75 bits per heavy atom. The summed E-state index contributed by atoms with van der Waals surface area (Å²) in [4.78, 5) is 0. The second-order valence-corrected chi connectivity index (χ2v) is 5.25. The SMILES string of the molecule is O=P1(OCc2ccccc2)OCCCCO1. The van der Waals surface area contributed by atoms with Crippen molar-refractivity contribution in [3.8, 4) is 0 Å². The Kier molecular flexibility index (Phi) is 4.13. The standard InChI is InChI=1S/C11H15O4P/c12-16(13-8-4-5-9-14-16)15-10-11-6-2-1-3-7-11/h1-3,6-7H,4-5,8-10H2. The monoisotopic (exact) mass is 242 g/mol. The minimum Gasteiger partial charge on any atom is -0.287 e. The molecule has 0 amide bonds. The van der Waals surface area contributed by atoms with Crippen molar-refractivity contribution in [2.45, 2.75) is 19.4 Å². The van der Waals surface area contributed by atoms with Crippen molar-refractivity contribution in [3.63, 3.8) is 0 Å². The summed E-state index contributed by atoms with van der Waals surface area (Å²) in [5, 5.41) is 0. The summed E-state index contributed by atoms with van der Waals surface area (Å²) in [5.74, 6) is 0. The molecule has 1 aromatic rings. The first-order valence-electron chi connectivity index (χ1n) is 5.36. The molecule has 0 aromatic heterocycles. The van der Waals surface area contributed by atoms with Crippen LogP contribution in [-0.4, -0.2) is 13.2 Å². The van der Waals surface area contributed by atoms with Gasteiger partial charge in [-0.25, -0.2) is 4.57 Å². The number of phosphoric acid groups is 1. The molecule has 0 radical (unpaired) electrons. The van der Waals surface area contributed by atoms with Crippen LogP contribution in [0.1, 0.15) is 18.4 Å². The van der Waals surface area contributed by atoms with Crippen LogP contribution in [0.3, 0.4) is 0 Å². The van der Waals surface area contributed by atoms with Crippen LogP contribution >= 0.6 is 7.82 Å². The van der Waals surface area contributed by atoms with Crippen LogP contribution in [0.4, 0.5) is 0 Å². The minimum atomic E-state index is -3.32. The van der Waals surface area contributed by atoms with E-state index in [9.17, 15) is 4.57 Å². The van der Waals surface area contributed by atoms with Gasteiger partial charge in [-0.05, 0) is 18.4 Å². The maximum Gasteiger partial charge on any atom is 0.475 e. The zero-order valence-electron chi connectivity index (χ0n) is 9.00. The highest BCUT2D eigenvalue weighted by Gasteiger charge is 2.28. The molecule has 5 heteroatoms. The van der Waals surface area contributed by atoms with Gasteiger partial charge in [0.2, 0.25) is 0 Å². The van der Waals surface area contributed by atoms with Gasteiger partial charge in [-0.3, -0.25) is 13.6 Å². The van der Waals surface area contributed by atoms with Crippen LogP contribution in [0, 0.1) is 0 Å². The molecule has 0 spiro atoms. The van der Waals surface area contributed by atoms with Crippen LogP contribution in [-0.2, 0) is 24.7 Å². The fourth-order valence-corrected chi connectivity index (χ4v) is 2.63. The fraction of sp³-hybridized carbons (Fsp3) is 0.455. The smallest absolute Gasteiger partial charge is 0.287 e. The lowest BCUT2D eigenvalue weighted by Gasteiger charge is -2.14. The van der Waals surface area contributed by atoms with Crippen LogP contribution in [0.25, 0.3) is 0 Å². The van der Waals surface area contributed by atoms with Crippen LogP contribution in [0.15, 0.2) is 30.3 Å². The van der Waals surface area contributed by atoms with E-state index in [0.29, 0.717) is 13.2 Å². The summed E-state index contributed by atoms with van der Waals surface area (Å²) in [7, 11) is -3.32. The third kappa shape index (κ3) is 3.42. The molecule has 1 heterocycles. The van der Waals surface area contributed by atoms with Gasteiger partial charge in [0.15, 0.2) is 0 Å². The average Bonchev–Trinajstić information content (AvgIpc) is 2.54. The average molecular weight is 242 g/mol. The lowest BCUT2D eigenvalue weighted by molar-refractivity contribution is 0.126. The molecule has 1 fully saturated rings. The van der Waals surface area contributed by atoms with Crippen molar-refractivity contribution in [1.82, 2.24) is 0 Å². The van der Waals surface area contributed by atoms with E-state index in [4.69, 9.17) is 13.6 Å². The van der Waals surface area contributed by atoms with E-state index in [1.165, 1.54) is 0 Å². The first-order chi connectivity index (χ1) is 7.79. The molecule has 2 rings (SSSR count). The Hall–Kier alpha value is -0.670. The minimum absolute atomic E-state index is 0.248. The van der Waals surface area contributed by atoms with Crippen molar-refractivity contribution in [1.29, 1.82) is 0 Å². The predicted molar refractivity (Wildman–Crippen MR) is 60.0 cm³/mol. The Bertz CT molecular complexity index is 354. The van der Waals surface area contributed by atoms with E-state index in [1.807, 2.05) is 30.3 Å². The van der Waals surface area contributed by atoms with E-state index < -0.39 is 7.82 Å². The van der Waals surface area contributed by atoms with Crippen molar-refractivity contribution in [2.24, 2.45) is 0 Å². The first-order valence-corrected chi connectivity index (χ1v) is 6.82. The maximum atomic E-state index is 12.0. The van der Waals surface area contributed by atoms with Crippen LogP contribution in [0.2, 0.25) is 0 Å². The molecule has 0 N–H and O–H groups in total. The highest BCUT2D eigenvalue weighted by atomic mass is 31.2. The number of hydrogen-bond donors (Lipinski definition) is 0. The van der Waals surface area contributed by atoms with Gasteiger partial charge >= 0.3 is 7.82 Å². The third-order valence-electron chi connectivity index (χ3n) is 2.27. The van der Waals surface area contributed by atoms with Gasteiger partial charge in [0.1, 0.15) is 0 Å². The van der Waals surface area contributed by atoms with Gasteiger partial charge < -0.3 is 0 Å². The molecule has 0 unspecified atom stereocenters. The molecular weight excluding hydrogens is 227 g/mol. The second-order valence-electron chi connectivity index (χ2n) is 3.58. The molecule has 88 valence electrons. The van der Waals surface area contributed by atoms with Crippen molar-refractivity contribution < 1.29 is 18.1 Å². The van der Waals surface area contributed by atoms with Crippen LogP contribution in [0.5, 0.6) is 0 Å². The van der Waals surface area contributed by atoms with Crippen molar-refractivity contribution in [2.75, 3.05) is 13.2 Å². The third-order valence-corrected chi connectivity index (χ3v) is 3.71. The molecule has 0 bridgehead atoms. The van der Waals surface area contributed by atoms with E-state index in [2.05, 4.69) is 0 Å². The largest absolute Gasteiger partial charge is 0.475 e. The van der Waals surface area contributed by atoms with E-state index in [1.54, 1.807) is 0 Å². The van der Waals surface area contributed by atoms with E-state index in [-0.39, 0.29) is 6.61 Å². The summed E-state index contributed by atoms with van der Waals surface area (Å²) in [6, 6.07) is 9.55. The Morgan fingerprint density at radius 3 is 2.38 bits per heavy atom. The molecule has 1 aromatic carbocycles. The molecule has 1 aliphatic heterocycles. The van der Waals surface area contributed by atoms with Crippen molar-refractivity contribution in [3.05, 3.63) is 35.9 Å². The Labute approximate surface area is 95.1 Å². The van der Waals surface area contributed by atoms with E-state index >= 15 is 0 Å². The van der Waals surface area contributed by atoms with Gasteiger partial charge in [0.25, 0.3) is 0 Å². The normalized spacial score (nSPS) is 20.2. The number of phosphoric ester groups is 1. The number of benzene rings is 1. The van der Waals surface area contributed by atoms with Crippen molar-refractivity contribution >= 4 is 7.82 Å². The molecule has 0 aliphatic carbocycles. The summed E-state index contributed by atoms with van der Waals surface area (Å²) < 4.78 is 27.5. The molecule has 0 atom stereocenters. The number of hydrogen-bond acceptors (Lipinski definition) is 4. The quantitative estimate of drug-likeness (QED) is 0.764. The van der Waals surface area contributed by atoms with Gasteiger partial charge in [-0.1, -0.05) is 30.3 Å². The summed E-state index contributed by atoms with van der Waals surface area (Å²) >= 11 is 0. The Balaban J connectivity index is 1.91. The van der Waals surface area contributed by atoms with E-state index in [0.717, 1.165) is 18.4 Å². The summed E-state index contributed by atoms with van der Waals surface area (Å²) in [6.45, 7) is 1.12. The number of rotatable bonds is 3. The summed E-state index contributed by atoms with van der Waals surface area (Å²) in [6.07, 6.45) is 1.72. The molecular formula is C11H15O4P. The van der Waals surface area contributed by atoms with Crippen LogP contribution < -0.4 is 0 Å². The zero-order valence-corrected chi connectivity index (χ0v) is 9.90. The summed E-state index contributed by atoms with van der Waals surface area (Å²) in [5.41, 5.74) is 0.953.